The summed E-state index contributed by atoms with van der Waals surface area (Å²) < 4.78 is 5.27. The third-order valence-electron chi connectivity index (χ3n) is 2.80. The molecule has 1 aromatic rings. The molecule has 0 atom stereocenters. The standard InChI is InChI=1S/C13H17NO2/c1-8-6-9(2)12(11(7-8)16-3)13(15)14-10-4-5-10/h6-7,10H,4-5H2,1-3H3,(H,14,15). The number of aryl methyl sites for hydroxylation is 2. The quantitative estimate of drug-likeness (QED) is 0.846. The van der Waals surface area contributed by atoms with Gasteiger partial charge in [0, 0.05) is 6.04 Å². The molecule has 3 heteroatoms. The number of nitrogens with one attached hydrogen (secondary N) is 1. The predicted molar refractivity (Wildman–Crippen MR) is 63.0 cm³/mol. The number of rotatable bonds is 3. The fourth-order valence-corrected chi connectivity index (χ4v) is 1.87. The summed E-state index contributed by atoms with van der Waals surface area (Å²) in [4.78, 5) is 12.0. The molecular weight excluding hydrogens is 202 g/mol. The lowest BCUT2D eigenvalue weighted by molar-refractivity contribution is 0.0947. The normalized spacial score (nSPS) is 14.7. The van der Waals surface area contributed by atoms with E-state index >= 15 is 0 Å². The second-order valence-corrected chi connectivity index (χ2v) is 4.41. The first-order valence-corrected chi connectivity index (χ1v) is 5.58. The average molecular weight is 219 g/mol. The Labute approximate surface area is 95.8 Å². The summed E-state index contributed by atoms with van der Waals surface area (Å²) in [6.07, 6.45) is 2.19. The van der Waals surface area contributed by atoms with Crippen molar-refractivity contribution in [3.63, 3.8) is 0 Å². The van der Waals surface area contributed by atoms with Gasteiger partial charge in [0.25, 0.3) is 5.91 Å². The molecule has 1 N–H and O–H groups in total. The van der Waals surface area contributed by atoms with E-state index in [4.69, 9.17) is 4.74 Å². The van der Waals surface area contributed by atoms with Crippen LogP contribution in [0.25, 0.3) is 0 Å². The molecule has 0 bridgehead atoms. The van der Waals surface area contributed by atoms with Gasteiger partial charge in [-0.1, -0.05) is 6.07 Å². The summed E-state index contributed by atoms with van der Waals surface area (Å²) in [6, 6.07) is 4.27. The minimum absolute atomic E-state index is 0.0168. The lowest BCUT2D eigenvalue weighted by Gasteiger charge is -2.12. The highest BCUT2D eigenvalue weighted by molar-refractivity contribution is 5.98. The summed E-state index contributed by atoms with van der Waals surface area (Å²) in [5.41, 5.74) is 2.74. The van der Waals surface area contributed by atoms with E-state index in [1.165, 1.54) is 0 Å². The maximum atomic E-state index is 12.0. The van der Waals surface area contributed by atoms with Gasteiger partial charge < -0.3 is 10.1 Å². The molecule has 16 heavy (non-hydrogen) atoms. The molecule has 1 aliphatic rings. The van der Waals surface area contributed by atoms with E-state index in [1.54, 1.807) is 7.11 Å². The number of hydrogen-bond donors (Lipinski definition) is 1. The van der Waals surface area contributed by atoms with Crippen molar-refractivity contribution in [2.75, 3.05) is 7.11 Å². The fourth-order valence-electron chi connectivity index (χ4n) is 1.87. The first kappa shape index (κ1) is 11.0. The monoisotopic (exact) mass is 219 g/mol. The summed E-state index contributed by atoms with van der Waals surface area (Å²) in [5, 5.41) is 2.99. The third-order valence-corrected chi connectivity index (χ3v) is 2.80. The topological polar surface area (TPSA) is 38.3 Å². The molecular formula is C13H17NO2. The van der Waals surface area contributed by atoms with Crippen LogP contribution in [0, 0.1) is 13.8 Å². The fraction of sp³-hybridized carbons (Fsp3) is 0.462. The number of amides is 1. The van der Waals surface area contributed by atoms with Crippen molar-refractivity contribution in [3.05, 3.63) is 28.8 Å². The summed E-state index contributed by atoms with van der Waals surface area (Å²) in [5.74, 6) is 0.646. The van der Waals surface area contributed by atoms with Gasteiger partial charge >= 0.3 is 0 Å². The molecule has 1 aromatic carbocycles. The molecule has 0 heterocycles. The van der Waals surface area contributed by atoms with Crippen LogP contribution in [-0.4, -0.2) is 19.1 Å². The lowest BCUT2D eigenvalue weighted by Crippen LogP contribution is -2.26. The highest BCUT2D eigenvalue weighted by Crippen LogP contribution is 2.26. The molecule has 0 aliphatic heterocycles. The molecule has 0 spiro atoms. The molecule has 1 amide bonds. The minimum atomic E-state index is -0.0168. The Hall–Kier alpha value is -1.51. The summed E-state index contributed by atoms with van der Waals surface area (Å²) in [6.45, 7) is 3.94. The molecule has 1 aliphatic carbocycles. The highest BCUT2D eigenvalue weighted by Gasteiger charge is 2.26. The maximum Gasteiger partial charge on any atom is 0.255 e. The van der Waals surface area contributed by atoms with E-state index in [0.717, 1.165) is 24.0 Å². The first-order chi connectivity index (χ1) is 7.61. The van der Waals surface area contributed by atoms with Gasteiger partial charge in [0.15, 0.2) is 0 Å². The number of ether oxygens (including phenoxy) is 1. The smallest absolute Gasteiger partial charge is 0.255 e. The van der Waals surface area contributed by atoms with Crippen LogP contribution in [0.4, 0.5) is 0 Å². The zero-order valence-corrected chi connectivity index (χ0v) is 9.96. The van der Waals surface area contributed by atoms with Crippen molar-refractivity contribution in [3.8, 4) is 5.75 Å². The number of methoxy groups -OCH3 is 1. The maximum absolute atomic E-state index is 12.0. The van der Waals surface area contributed by atoms with Gasteiger partial charge in [-0.3, -0.25) is 4.79 Å². The Morgan fingerprint density at radius 2 is 2.06 bits per heavy atom. The van der Waals surface area contributed by atoms with Gasteiger partial charge in [-0.2, -0.15) is 0 Å². The van der Waals surface area contributed by atoms with Crippen LogP contribution in [0.3, 0.4) is 0 Å². The van der Waals surface area contributed by atoms with Crippen LogP contribution in [0.15, 0.2) is 12.1 Å². The van der Waals surface area contributed by atoms with Crippen LogP contribution >= 0.6 is 0 Å². The Balaban J connectivity index is 2.32. The molecule has 1 saturated carbocycles. The summed E-state index contributed by atoms with van der Waals surface area (Å²) in [7, 11) is 1.60. The van der Waals surface area contributed by atoms with Crippen LogP contribution in [0.1, 0.15) is 34.3 Å². The van der Waals surface area contributed by atoms with Crippen LogP contribution in [0.2, 0.25) is 0 Å². The van der Waals surface area contributed by atoms with Crippen molar-refractivity contribution in [2.45, 2.75) is 32.7 Å². The molecule has 0 saturated heterocycles. The lowest BCUT2D eigenvalue weighted by atomic mass is 10.0. The van der Waals surface area contributed by atoms with E-state index in [-0.39, 0.29) is 5.91 Å². The van der Waals surface area contributed by atoms with Gasteiger partial charge in [-0.25, -0.2) is 0 Å². The van der Waals surface area contributed by atoms with Gasteiger partial charge in [0.2, 0.25) is 0 Å². The van der Waals surface area contributed by atoms with Crippen molar-refractivity contribution >= 4 is 5.91 Å². The van der Waals surface area contributed by atoms with Crippen molar-refractivity contribution in [2.24, 2.45) is 0 Å². The number of benzene rings is 1. The zero-order valence-electron chi connectivity index (χ0n) is 9.96. The van der Waals surface area contributed by atoms with E-state index in [9.17, 15) is 4.79 Å². The minimum Gasteiger partial charge on any atom is -0.496 e. The van der Waals surface area contributed by atoms with Crippen molar-refractivity contribution < 1.29 is 9.53 Å². The Kier molecular flexibility index (Phi) is 2.86. The molecule has 3 nitrogen and oxygen atoms in total. The van der Waals surface area contributed by atoms with E-state index < -0.39 is 0 Å². The second kappa shape index (κ2) is 4.16. The SMILES string of the molecule is COc1cc(C)cc(C)c1C(=O)NC1CC1. The highest BCUT2D eigenvalue weighted by atomic mass is 16.5. The zero-order chi connectivity index (χ0) is 11.7. The van der Waals surface area contributed by atoms with Crippen molar-refractivity contribution in [1.82, 2.24) is 5.32 Å². The van der Waals surface area contributed by atoms with Gasteiger partial charge in [-0.05, 0) is 43.9 Å². The Morgan fingerprint density at radius 3 is 2.62 bits per heavy atom. The molecule has 0 unspecified atom stereocenters. The van der Waals surface area contributed by atoms with E-state index in [2.05, 4.69) is 5.32 Å². The van der Waals surface area contributed by atoms with Gasteiger partial charge in [-0.15, -0.1) is 0 Å². The molecule has 86 valence electrons. The Morgan fingerprint density at radius 1 is 1.38 bits per heavy atom. The number of carbonyl (C=O) groups excluding carboxylic acids is 1. The number of carbonyl (C=O) groups is 1. The number of hydrogen-bond acceptors (Lipinski definition) is 2. The van der Waals surface area contributed by atoms with E-state index in [0.29, 0.717) is 17.4 Å². The largest absolute Gasteiger partial charge is 0.496 e. The molecule has 2 rings (SSSR count). The van der Waals surface area contributed by atoms with Crippen LogP contribution in [-0.2, 0) is 0 Å². The van der Waals surface area contributed by atoms with Crippen LogP contribution < -0.4 is 10.1 Å². The molecule has 0 radical (unpaired) electrons. The van der Waals surface area contributed by atoms with E-state index in [1.807, 2.05) is 26.0 Å². The first-order valence-electron chi connectivity index (χ1n) is 5.58. The Bertz CT molecular complexity index is 422. The van der Waals surface area contributed by atoms with Gasteiger partial charge in [0.1, 0.15) is 5.75 Å². The predicted octanol–water partition coefficient (Wildman–Crippen LogP) is 2.20. The molecule has 0 aromatic heterocycles. The second-order valence-electron chi connectivity index (χ2n) is 4.41. The van der Waals surface area contributed by atoms with Gasteiger partial charge in [0.05, 0.1) is 12.7 Å². The summed E-state index contributed by atoms with van der Waals surface area (Å²) >= 11 is 0. The van der Waals surface area contributed by atoms with Crippen LogP contribution in [0.5, 0.6) is 5.75 Å². The average Bonchev–Trinajstić information content (AvgIpc) is 2.99. The van der Waals surface area contributed by atoms with Crippen molar-refractivity contribution in [1.29, 1.82) is 0 Å². The third kappa shape index (κ3) is 2.18. The molecule has 1 fully saturated rings.